The van der Waals surface area contributed by atoms with Gasteiger partial charge in [-0.3, -0.25) is 4.79 Å². The number of rotatable bonds is 5. The molecule has 128 valence electrons. The Morgan fingerprint density at radius 1 is 1.12 bits per heavy atom. The van der Waals surface area contributed by atoms with Crippen molar-refractivity contribution in [3.63, 3.8) is 0 Å². The van der Waals surface area contributed by atoms with Gasteiger partial charge in [-0.05, 0) is 37.1 Å². The minimum Gasteiger partial charge on any atom is -0.324 e. The first kappa shape index (κ1) is 16.6. The summed E-state index contributed by atoms with van der Waals surface area (Å²) in [6.45, 7) is 1.19. The van der Waals surface area contributed by atoms with Gasteiger partial charge in [-0.25, -0.2) is 18.1 Å². The monoisotopic (exact) mass is 349 g/mol. The van der Waals surface area contributed by atoms with Gasteiger partial charge in [0, 0.05) is 18.8 Å². The minimum absolute atomic E-state index is 0.0494. The summed E-state index contributed by atoms with van der Waals surface area (Å²) in [7, 11) is -3.45. The number of aromatic nitrogens is 3. The van der Waals surface area contributed by atoms with Crippen molar-refractivity contribution in [2.45, 2.75) is 30.7 Å². The third-order valence-electron chi connectivity index (χ3n) is 3.86. The van der Waals surface area contributed by atoms with Gasteiger partial charge in [-0.1, -0.05) is 6.42 Å². The second-order valence-electron chi connectivity index (χ2n) is 5.63. The molecular weight excluding hydrogens is 330 g/mol. The molecule has 0 atom stereocenters. The standard InChI is InChI=1S/C15H19N5O3S/c21-15(10-19-12-16-11-17-19)18-13-4-6-14(7-5-13)24(22,23)20-8-2-1-3-9-20/h4-7,11-12H,1-3,8-10H2,(H,18,21). The molecule has 1 aliphatic rings. The number of carbonyl (C=O) groups is 1. The van der Waals surface area contributed by atoms with Crippen LogP contribution < -0.4 is 5.32 Å². The number of carbonyl (C=O) groups excluding carboxylic acids is 1. The van der Waals surface area contributed by atoms with Gasteiger partial charge >= 0.3 is 0 Å². The molecule has 0 spiro atoms. The summed E-state index contributed by atoms with van der Waals surface area (Å²) in [5.41, 5.74) is 0.540. The van der Waals surface area contributed by atoms with Gasteiger partial charge in [0.2, 0.25) is 15.9 Å². The summed E-state index contributed by atoms with van der Waals surface area (Å²) in [5, 5.41) is 6.56. The SMILES string of the molecule is O=C(Cn1cncn1)Nc1ccc(S(=O)(=O)N2CCCCC2)cc1. The second kappa shape index (κ2) is 7.10. The molecule has 0 aliphatic carbocycles. The van der Waals surface area contributed by atoms with E-state index in [0.717, 1.165) is 19.3 Å². The highest BCUT2D eigenvalue weighted by atomic mass is 32.2. The van der Waals surface area contributed by atoms with Gasteiger partial charge in [-0.15, -0.1) is 0 Å². The molecule has 9 heteroatoms. The van der Waals surface area contributed by atoms with E-state index in [4.69, 9.17) is 0 Å². The van der Waals surface area contributed by atoms with Crippen LogP contribution in [0.2, 0.25) is 0 Å². The van der Waals surface area contributed by atoms with Gasteiger partial charge in [0.05, 0.1) is 4.90 Å². The molecule has 1 fully saturated rings. The maximum Gasteiger partial charge on any atom is 0.246 e. The summed E-state index contributed by atoms with van der Waals surface area (Å²) in [6.07, 6.45) is 5.68. The van der Waals surface area contributed by atoms with E-state index < -0.39 is 10.0 Å². The zero-order valence-electron chi connectivity index (χ0n) is 13.1. The van der Waals surface area contributed by atoms with Crippen LogP contribution in [0.5, 0.6) is 0 Å². The molecule has 1 aromatic carbocycles. The lowest BCUT2D eigenvalue weighted by molar-refractivity contribution is -0.116. The van der Waals surface area contributed by atoms with Crippen LogP contribution >= 0.6 is 0 Å². The van der Waals surface area contributed by atoms with Crippen molar-refractivity contribution >= 4 is 21.6 Å². The van der Waals surface area contributed by atoms with Crippen LogP contribution in [0.15, 0.2) is 41.8 Å². The van der Waals surface area contributed by atoms with Gasteiger partial charge in [0.15, 0.2) is 0 Å². The van der Waals surface area contributed by atoms with E-state index in [2.05, 4.69) is 15.4 Å². The van der Waals surface area contributed by atoms with Gasteiger partial charge in [0.25, 0.3) is 0 Å². The first-order chi connectivity index (χ1) is 11.6. The molecule has 0 saturated carbocycles. The van der Waals surface area contributed by atoms with E-state index in [1.54, 1.807) is 12.1 Å². The Morgan fingerprint density at radius 3 is 2.46 bits per heavy atom. The third kappa shape index (κ3) is 3.80. The third-order valence-corrected chi connectivity index (χ3v) is 5.78. The number of hydrogen-bond donors (Lipinski definition) is 1. The van der Waals surface area contributed by atoms with E-state index in [1.807, 2.05) is 0 Å². The number of nitrogens with one attached hydrogen (secondary N) is 1. The highest BCUT2D eigenvalue weighted by Crippen LogP contribution is 2.21. The van der Waals surface area contributed by atoms with Crippen LogP contribution in [0.4, 0.5) is 5.69 Å². The molecule has 1 amide bonds. The summed E-state index contributed by atoms with van der Waals surface area (Å²) < 4.78 is 28.0. The molecule has 1 saturated heterocycles. The number of anilines is 1. The van der Waals surface area contributed by atoms with Crippen molar-refractivity contribution in [2.75, 3.05) is 18.4 Å². The van der Waals surface area contributed by atoms with Crippen molar-refractivity contribution in [1.82, 2.24) is 19.1 Å². The molecule has 0 unspecified atom stereocenters. The number of amides is 1. The van der Waals surface area contributed by atoms with Crippen molar-refractivity contribution in [1.29, 1.82) is 0 Å². The van der Waals surface area contributed by atoms with Crippen LogP contribution in [0.1, 0.15) is 19.3 Å². The van der Waals surface area contributed by atoms with Crippen LogP contribution in [0.25, 0.3) is 0 Å². The Bertz CT molecular complexity index is 781. The Labute approximate surface area is 140 Å². The van der Waals surface area contributed by atoms with E-state index in [1.165, 1.54) is 33.8 Å². The first-order valence-corrected chi connectivity index (χ1v) is 9.22. The zero-order chi connectivity index (χ0) is 17.0. The highest BCUT2D eigenvalue weighted by molar-refractivity contribution is 7.89. The summed E-state index contributed by atoms with van der Waals surface area (Å²) in [6, 6.07) is 6.23. The number of sulfonamides is 1. The number of benzene rings is 1. The normalized spacial score (nSPS) is 16.0. The highest BCUT2D eigenvalue weighted by Gasteiger charge is 2.25. The van der Waals surface area contributed by atoms with Crippen molar-refractivity contribution < 1.29 is 13.2 Å². The quantitative estimate of drug-likeness (QED) is 0.871. The molecule has 1 N–H and O–H groups in total. The Hall–Kier alpha value is -2.26. The average molecular weight is 349 g/mol. The fraction of sp³-hybridized carbons (Fsp3) is 0.400. The topological polar surface area (TPSA) is 97.2 Å². The van der Waals surface area contributed by atoms with E-state index in [9.17, 15) is 13.2 Å². The molecular formula is C15H19N5O3S. The van der Waals surface area contributed by atoms with Gasteiger partial charge in [0.1, 0.15) is 19.2 Å². The van der Waals surface area contributed by atoms with E-state index >= 15 is 0 Å². The van der Waals surface area contributed by atoms with Crippen LogP contribution in [-0.4, -0.2) is 46.5 Å². The fourth-order valence-corrected chi connectivity index (χ4v) is 4.14. The molecule has 8 nitrogen and oxygen atoms in total. The largest absolute Gasteiger partial charge is 0.324 e. The lowest BCUT2D eigenvalue weighted by Gasteiger charge is -2.25. The predicted molar refractivity (Wildman–Crippen MR) is 87.7 cm³/mol. The number of nitrogens with zero attached hydrogens (tertiary/aromatic N) is 4. The van der Waals surface area contributed by atoms with Crippen LogP contribution in [-0.2, 0) is 21.4 Å². The first-order valence-electron chi connectivity index (χ1n) is 7.78. The molecule has 2 aromatic rings. The molecule has 2 heterocycles. The molecule has 3 rings (SSSR count). The number of piperidine rings is 1. The number of hydrogen-bond acceptors (Lipinski definition) is 5. The van der Waals surface area contributed by atoms with E-state index in [-0.39, 0.29) is 17.3 Å². The molecule has 24 heavy (non-hydrogen) atoms. The molecule has 0 radical (unpaired) electrons. The van der Waals surface area contributed by atoms with Crippen molar-refractivity contribution in [2.24, 2.45) is 0 Å². The van der Waals surface area contributed by atoms with Gasteiger partial charge < -0.3 is 5.32 Å². The summed E-state index contributed by atoms with van der Waals surface area (Å²) >= 11 is 0. The summed E-state index contributed by atoms with van der Waals surface area (Å²) in [4.78, 5) is 15.9. The Morgan fingerprint density at radius 2 is 1.83 bits per heavy atom. The zero-order valence-corrected chi connectivity index (χ0v) is 13.9. The van der Waals surface area contributed by atoms with Crippen LogP contribution in [0, 0.1) is 0 Å². The average Bonchev–Trinajstić information content (AvgIpc) is 3.09. The molecule has 1 aliphatic heterocycles. The maximum absolute atomic E-state index is 12.6. The smallest absolute Gasteiger partial charge is 0.246 e. The Balaban J connectivity index is 1.65. The lowest BCUT2D eigenvalue weighted by atomic mass is 10.2. The fourth-order valence-electron chi connectivity index (χ4n) is 2.63. The van der Waals surface area contributed by atoms with Crippen molar-refractivity contribution in [3.05, 3.63) is 36.9 Å². The molecule has 0 bridgehead atoms. The van der Waals surface area contributed by atoms with Crippen LogP contribution in [0.3, 0.4) is 0 Å². The molecule has 1 aromatic heterocycles. The van der Waals surface area contributed by atoms with Gasteiger partial charge in [-0.2, -0.15) is 9.40 Å². The summed E-state index contributed by atoms with van der Waals surface area (Å²) in [5.74, 6) is -0.257. The van der Waals surface area contributed by atoms with Crippen molar-refractivity contribution in [3.8, 4) is 0 Å². The second-order valence-corrected chi connectivity index (χ2v) is 7.57. The maximum atomic E-state index is 12.6. The lowest BCUT2D eigenvalue weighted by Crippen LogP contribution is -2.35. The Kier molecular flexibility index (Phi) is 4.91. The predicted octanol–water partition coefficient (Wildman–Crippen LogP) is 1.09. The van der Waals surface area contributed by atoms with E-state index in [0.29, 0.717) is 18.8 Å². The minimum atomic E-state index is -3.45.